The van der Waals surface area contributed by atoms with Crippen molar-refractivity contribution < 1.29 is 58.2 Å². The number of aliphatic hydroxyl groups is 3. The van der Waals surface area contributed by atoms with E-state index in [4.69, 9.17) is 23.7 Å². The largest absolute Gasteiger partial charge is 0.456 e. The van der Waals surface area contributed by atoms with Crippen molar-refractivity contribution in [2.24, 2.45) is 29.6 Å². The molecule has 0 aromatic heterocycles. The minimum absolute atomic E-state index is 0.00757. The molecule has 3 aliphatic heterocycles. The fraction of sp³-hybridized carbons (Fsp3) is 0.767. The lowest BCUT2D eigenvalue weighted by Crippen LogP contribution is -2.65. The Morgan fingerprint density at radius 3 is 2.30 bits per heavy atom. The number of carbonyl (C=O) groups is 4. The number of aliphatic hydroxyl groups excluding tert-OH is 2. The Morgan fingerprint density at radius 1 is 0.982 bits per heavy atom. The third-order valence-corrected chi connectivity index (χ3v) is 13.5. The number of rotatable bonds is 7. The molecule has 0 radical (unpaired) electrons. The van der Waals surface area contributed by atoms with Gasteiger partial charge in [0.05, 0.1) is 30.5 Å². The molecule has 14 atom stereocenters. The molecule has 0 aromatic carbocycles. The molecule has 3 fully saturated rings. The van der Waals surface area contributed by atoms with Crippen LogP contribution in [0.2, 0.25) is 0 Å². The number of ether oxygens (including phenoxy) is 5. The van der Waals surface area contributed by atoms with E-state index >= 15 is 0 Å². The maximum Gasteiger partial charge on any atom is 0.330 e. The number of hydrogen-bond donors (Lipinski definition) is 3. The highest BCUT2D eigenvalue weighted by Gasteiger charge is 2.56. The molecular formula is C43H67NO12S. The molecule has 3 N–H and O–H groups in total. The van der Waals surface area contributed by atoms with E-state index < -0.39 is 83.9 Å². The van der Waals surface area contributed by atoms with Crippen LogP contribution in [0.3, 0.4) is 0 Å². The van der Waals surface area contributed by atoms with Gasteiger partial charge in [0.1, 0.15) is 24.0 Å². The van der Waals surface area contributed by atoms with E-state index in [1.54, 1.807) is 34.0 Å². The topological polar surface area (TPSA) is 178 Å². The highest BCUT2D eigenvalue weighted by Crippen LogP contribution is 2.39. The smallest absolute Gasteiger partial charge is 0.330 e. The maximum atomic E-state index is 14.3. The van der Waals surface area contributed by atoms with E-state index in [2.05, 4.69) is 6.58 Å². The number of carbonyl (C=O) groups excluding carboxylic acids is 4. The van der Waals surface area contributed by atoms with Gasteiger partial charge in [-0.05, 0) is 76.2 Å². The number of thioether (sulfide) groups is 1. The van der Waals surface area contributed by atoms with Gasteiger partial charge in [-0.15, -0.1) is 6.58 Å². The molecule has 0 spiro atoms. The maximum absolute atomic E-state index is 14.3. The van der Waals surface area contributed by atoms with Crippen molar-refractivity contribution in [3.8, 4) is 0 Å². The zero-order chi connectivity index (χ0) is 42.2. The third-order valence-electron chi connectivity index (χ3n) is 12.5. The van der Waals surface area contributed by atoms with Crippen LogP contribution >= 0.6 is 11.8 Å². The van der Waals surface area contributed by atoms with Crippen LogP contribution in [0, 0.1) is 29.6 Å². The third kappa shape index (κ3) is 11.4. The Kier molecular flexibility index (Phi) is 17.6. The zero-order valence-corrected chi connectivity index (χ0v) is 35.9. The van der Waals surface area contributed by atoms with Gasteiger partial charge in [0.25, 0.3) is 11.7 Å². The molecule has 4 rings (SSSR count). The van der Waals surface area contributed by atoms with Crippen LogP contribution < -0.4 is 0 Å². The molecule has 3 heterocycles. The lowest BCUT2D eigenvalue weighted by atomic mass is 9.81. The van der Waals surface area contributed by atoms with Gasteiger partial charge in [-0.25, -0.2) is 4.79 Å². The summed E-state index contributed by atoms with van der Waals surface area (Å²) >= 11 is 1.43. The second-order valence-corrected chi connectivity index (χ2v) is 18.0. The number of amides is 1. The summed E-state index contributed by atoms with van der Waals surface area (Å²) in [6, 6.07) is -1.18. The van der Waals surface area contributed by atoms with Crippen molar-refractivity contribution in [3.05, 3.63) is 36.0 Å². The first-order valence-corrected chi connectivity index (χ1v) is 21.6. The highest BCUT2D eigenvalue weighted by atomic mass is 32.2. The fourth-order valence-corrected chi connectivity index (χ4v) is 10.1. The van der Waals surface area contributed by atoms with Gasteiger partial charge in [0.15, 0.2) is 0 Å². The molecular weight excluding hydrogens is 755 g/mol. The second-order valence-electron chi connectivity index (χ2n) is 16.9. The number of cyclic esters (lactones) is 1. The first-order chi connectivity index (χ1) is 27.0. The first-order valence-electron chi connectivity index (χ1n) is 20.5. The van der Waals surface area contributed by atoms with Crippen molar-refractivity contribution in [1.29, 1.82) is 0 Å². The first kappa shape index (κ1) is 47.3. The summed E-state index contributed by atoms with van der Waals surface area (Å²) in [6.45, 7) is 13.1. The predicted octanol–water partition coefficient (Wildman–Crippen LogP) is 4.20. The van der Waals surface area contributed by atoms with E-state index in [1.807, 2.05) is 26.0 Å². The Labute approximate surface area is 342 Å². The van der Waals surface area contributed by atoms with Gasteiger partial charge in [-0.2, -0.15) is 11.8 Å². The molecule has 0 unspecified atom stereocenters. The van der Waals surface area contributed by atoms with Crippen LogP contribution in [0.5, 0.6) is 0 Å². The molecule has 2 bridgehead atoms. The van der Waals surface area contributed by atoms with Crippen molar-refractivity contribution >= 4 is 35.2 Å². The van der Waals surface area contributed by atoms with Gasteiger partial charge in [-0.3, -0.25) is 14.4 Å². The molecule has 322 valence electrons. The Bertz CT molecular complexity index is 1490. The fourth-order valence-electron chi connectivity index (χ4n) is 9.05. The highest BCUT2D eigenvalue weighted by molar-refractivity contribution is 7.99. The number of fused-ring (bicyclic) bond motifs is 3. The van der Waals surface area contributed by atoms with Gasteiger partial charge < -0.3 is 43.9 Å². The predicted molar refractivity (Wildman–Crippen MR) is 216 cm³/mol. The van der Waals surface area contributed by atoms with Gasteiger partial charge in [0, 0.05) is 63.6 Å². The number of allylic oxidation sites excluding steroid dienone is 4. The van der Waals surface area contributed by atoms with Crippen LogP contribution in [0.1, 0.15) is 86.0 Å². The molecule has 1 aliphatic carbocycles. The Hall–Kier alpha value is -2.43. The number of ketones is 2. The zero-order valence-electron chi connectivity index (χ0n) is 35.1. The lowest BCUT2D eigenvalue weighted by Gasteiger charge is -2.47. The summed E-state index contributed by atoms with van der Waals surface area (Å²) in [5.74, 6) is -7.25. The van der Waals surface area contributed by atoms with Crippen LogP contribution in [-0.4, -0.2) is 138 Å². The van der Waals surface area contributed by atoms with Crippen LogP contribution in [0.4, 0.5) is 0 Å². The van der Waals surface area contributed by atoms with E-state index in [9.17, 15) is 34.5 Å². The van der Waals surface area contributed by atoms with E-state index in [1.165, 1.54) is 26.0 Å². The van der Waals surface area contributed by atoms with Gasteiger partial charge >= 0.3 is 5.97 Å². The standard InChI is InChI=1S/C43H67NO12S/c1-10-11-30-17-24(2)16-25(3)18-36(53-8)39-37(54-9)20-27(5)43(51,56-39)40(48)41(49)44-14-15-57-23-31(44)42(50)55-38(28(6)33(46)22-34(30)47)26(4)19-29-12-13-32(45)35(21-29)52-7/h10,17,19,25,27-33,35-39,45-46,51H,1,11-16,18,20-23H2,2-9H3/b24-17+,26-19+/t25-,27+,28+,29-,30-,31-,32+,33-,35+,36-,37-,38+,39+,43+/m0/s1. The van der Waals surface area contributed by atoms with Crippen LogP contribution in [0.15, 0.2) is 36.0 Å². The molecule has 13 nitrogen and oxygen atoms in total. The Morgan fingerprint density at radius 2 is 1.65 bits per heavy atom. The molecule has 1 saturated carbocycles. The quantitative estimate of drug-likeness (QED) is 0.189. The van der Waals surface area contributed by atoms with Gasteiger partial charge in [-0.1, -0.05) is 44.6 Å². The molecule has 57 heavy (non-hydrogen) atoms. The average molecular weight is 822 g/mol. The van der Waals surface area contributed by atoms with Crippen molar-refractivity contribution in [1.82, 2.24) is 4.90 Å². The minimum Gasteiger partial charge on any atom is -0.456 e. The Balaban J connectivity index is 1.78. The molecule has 4 aliphatic rings. The van der Waals surface area contributed by atoms with E-state index in [0.29, 0.717) is 49.9 Å². The number of nitrogens with zero attached hydrogens (tertiary/aromatic N) is 1. The molecule has 0 aromatic rings. The molecule has 1 amide bonds. The number of esters is 1. The minimum atomic E-state index is -2.52. The SMILES string of the molecule is C=CC[C@H]1/C=C(\C)C[C@H](C)C[C@H](OC)[C@H]2O[C@@](O)(C(=O)C(=O)N3CCSC[C@H]3C(=O)O[C@H](/C(C)=C/[C@@H]3CC[C@@H](O)[C@H](OC)C3)[C@H](C)[C@@H](O)CC1=O)[C@H](C)C[C@@H]2OC. The van der Waals surface area contributed by atoms with Crippen molar-refractivity contribution in [2.75, 3.05) is 39.4 Å². The normalized spacial score (nSPS) is 41.0. The number of hydrogen-bond acceptors (Lipinski definition) is 13. The average Bonchev–Trinajstić information content (AvgIpc) is 3.18. The van der Waals surface area contributed by atoms with Gasteiger partial charge in [0.2, 0.25) is 5.79 Å². The summed E-state index contributed by atoms with van der Waals surface area (Å²) in [4.78, 5) is 57.8. The van der Waals surface area contributed by atoms with Crippen molar-refractivity contribution in [3.63, 3.8) is 0 Å². The van der Waals surface area contributed by atoms with E-state index in [0.717, 1.165) is 10.5 Å². The lowest BCUT2D eigenvalue weighted by molar-refractivity contribution is -0.302. The van der Waals surface area contributed by atoms with Crippen LogP contribution in [-0.2, 0) is 42.9 Å². The second kappa shape index (κ2) is 21.2. The number of methoxy groups -OCH3 is 3. The summed E-state index contributed by atoms with van der Waals surface area (Å²) in [5.41, 5.74) is 1.60. The summed E-state index contributed by atoms with van der Waals surface area (Å²) in [6.07, 6.45) is 3.52. The molecule has 14 heteroatoms. The van der Waals surface area contributed by atoms with Crippen LogP contribution in [0.25, 0.3) is 0 Å². The number of Topliss-reactive ketones (excluding diaryl/α,β-unsaturated/α-hetero) is 2. The monoisotopic (exact) mass is 821 g/mol. The van der Waals surface area contributed by atoms with Crippen molar-refractivity contribution in [2.45, 2.75) is 141 Å². The molecule has 2 saturated heterocycles. The summed E-state index contributed by atoms with van der Waals surface area (Å²) < 4.78 is 29.7. The summed E-state index contributed by atoms with van der Waals surface area (Å²) in [5, 5.41) is 34.1. The van der Waals surface area contributed by atoms with E-state index in [-0.39, 0.29) is 48.9 Å². The summed E-state index contributed by atoms with van der Waals surface area (Å²) in [7, 11) is 4.60.